The van der Waals surface area contributed by atoms with Crippen molar-refractivity contribution in [2.75, 3.05) is 20.8 Å². The lowest BCUT2D eigenvalue weighted by molar-refractivity contribution is -0.169. The molecule has 0 N–H and O–H groups in total. The average Bonchev–Trinajstić information content (AvgIpc) is 2.70. The van der Waals surface area contributed by atoms with E-state index in [4.69, 9.17) is 14.2 Å². The fourth-order valence-corrected chi connectivity index (χ4v) is 3.91. The van der Waals surface area contributed by atoms with E-state index in [1.807, 2.05) is 42.5 Å². The van der Waals surface area contributed by atoms with Gasteiger partial charge in [0.25, 0.3) is 5.91 Å². The van der Waals surface area contributed by atoms with Crippen molar-refractivity contribution in [2.24, 2.45) is 0 Å². The Hall–Kier alpha value is -3.02. The first-order chi connectivity index (χ1) is 13.8. The predicted molar refractivity (Wildman–Crippen MR) is 109 cm³/mol. The zero-order valence-electron chi connectivity index (χ0n) is 17.5. The molecule has 1 unspecified atom stereocenters. The molecule has 0 bridgehead atoms. The zero-order chi connectivity index (χ0) is 21.2. The van der Waals surface area contributed by atoms with Crippen molar-refractivity contribution in [3.05, 3.63) is 59.2 Å². The highest BCUT2D eigenvalue weighted by Crippen LogP contribution is 2.41. The fraction of sp³-hybridized carbons (Fsp3) is 0.391. The van der Waals surface area contributed by atoms with Crippen molar-refractivity contribution in [1.29, 1.82) is 0 Å². The average molecular weight is 397 g/mol. The first-order valence-corrected chi connectivity index (χ1v) is 9.59. The van der Waals surface area contributed by atoms with Crippen LogP contribution in [0, 0.1) is 0 Å². The van der Waals surface area contributed by atoms with Crippen LogP contribution in [-0.2, 0) is 20.7 Å². The number of hydrogen-bond acceptors (Lipinski definition) is 5. The molecule has 2 aromatic carbocycles. The molecular weight excluding hydrogens is 370 g/mol. The van der Waals surface area contributed by atoms with E-state index in [0.29, 0.717) is 24.5 Å². The number of amides is 1. The topological polar surface area (TPSA) is 65.1 Å². The highest BCUT2D eigenvalue weighted by Gasteiger charge is 2.41. The third-order valence-electron chi connectivity index (χ3n) is 5.16. The first-order valence-electron chi connectivity index (χ1n) is 9.59. The minimum Gasteiger partial charge on any atom is -0.493 e. The van der Waals surface area contributed by atoms with Crippen LogP contribution in [0.5, 0.6) is 11.5 Å². The van der Waals surface area contributed by atoms with Gasteiger partial charge < -0.3 is 19.1 Å². The van der Waals surface area contributed by atoms with Crippen LogP contribution in [0.2, 0.25) is 0 Å². The van der Waals surface area contributed by atoms with Crippen LogP contribution in [-0.4, -0.2) is 43.1 Å². The van der Waals surface area contributed by atoms with Gasteiger partial charge in [-0.2, -0.15) is 0 Å². The van der Waals surface area contributed by atoms with Crippen LogP contribution < -0.4 is 9.47 Å². The highest BCUT2D eigenvalue weighted by molar-refractivity contribution is 5.88. The van der Waals surface area contributed by atoms with Gasteiger partial charge in [-0.25, -0.2) is 0 Å². The predicted octanol–water partition coefficient (Wildman–Crippen LogP) is 3.52. The van der Waals surface area contributed by atoms with E-state index in [0.717, 1.165) is 16.7 Å². The first kappa shape index (κ1) is 20.7. The Morgan fingerprint density at radius 2 is 1.66 bits per heavy atom. The summed E-state index contributed by atoms with van der Waals surface area (Å²) < 4.78 is 16.3. The Morgan fingerprint density at radius 1 is 1.03 bits per heavy atom. The van der Waals surface area contributed by atoms with Crippen molar-refractivity contribution in [1.82, 2.24) is 4.90 Å². The summed E-state index contributed by atoms with van der Waals surface area (Å²) in [6.45, 7) is 5.07. The van der Waals surface area contributed by atoms with Crippen molar-refractivity contribution in [3.63, 3.8) is 0 Å². The molecule has 6 nitrogen and oxygen atoms in total. The second-order valence-electron chi connectivity index (χ2n) is 7.57. The van der Waals surface area contributed by atoms with E-state index < -0.39 is 11.6 Å². The van der Waals surface area contributed by atoms with Gasteiger partial charge in [-0.3, -0.25) is 9.59 Å². The number of ether oxygens (including phenoxy) is 3. The molecule has 154 valence electrons. The molecule has 0 saturated heterocycles. The number of carbonyl (C=O) groups excluding carboxylic acids is 2. The largest absolute Gasteiger partial charge is 0.493 e. The molecule has 2 aromatic rings. The van der Waals surface area contributed by atoms with Gasteiger partial charge in [0.15, 0.2) is 17.1 Å². The van der Waals surface area contributed by atoms with E-state index in [2.05, 4.69) is 0 Å². The summed E-state index contributed by atoms with van der Waals surface area (Å²) in [5.41, 5.74) is 1.80. The summed E-state index contributed by atoms with van der Waals surface area (Å²) >= 11 is 0. The third-order valence-corrected chi connectivity index (χ3v) is 5.16. The van der Waals surface area contributed by atoms with Gasteiger partial charge in [0.1, 0.15) is 0 Å². The lowest BCUT2D eigenvalue weighted by atomic mass is 9.86. The number of nitrogens with zero attached hydrogens (tertiary/aromatic N) is 1. The molecule has 0 spiro atoms. The molecule has 1 atom stereocenters. The Kier molecular flexibility index (Phi) is 5.82. The number of benzene rings is 2. The second-order valence-corrected chi connectivity index (χ2v) is 7.57. The molecule has 1 aliphatic heterocycles. The third kappa shape index (κ3) is 4.06. The SMILES string of the molecule is COc1cc2c(cc1OC)C(c1ccccc1)N(C(=O)C(C)(C)OC(C)=O)CC2. The van der Waals surface area contributed by atoms with Gasteiger partial charge in [0, 0.05) is 13.5 Å². The maximum Gasteiger partial charge on any atom is 0.303 e. The number of hydrogen-bond donors (Lipinski definition) is 0. The molecule has 1 amide bonds. The molecule has 1 aliphatic rings. The molecule has 1 heterocycles. The van der Waals surface area contributed by atoms with Crippen LogP contribution >= 0.6 is 0 Å². The lowest BCUT2D eigenvalue weighted by Crippen LogP contribution is -2.51. The van der Waals surface area contributed by atoms with E-state index in [1.165, 1.54) is 6.92 Å². The van der Waals surface area contributed by atoms with Crippen LogP contribution in [0.4, 0.5) is 0 Å². The van der Waals surface area contributed by atoms with Gasteiger partial charge in [-0.05, 0) is 49.1 Å². The highest BCUT2D eigenvalue weighted by atomic mass is 16.6. The molecule has 0 saturated carbocycles. The van der Waals surface area contributed by atoms with Crippen LogP contribution in [0.25, 0.3) is 0 Å². The second kappa shape index (κ2) is 8.15. The van der Waals surface area contributed by atoms with E-state index in [9.17, 15) is 9.59 Å². The number of carbonyl (C=O) groups is 2. The van der Waals surface area contributed by atoms with Gasteiger partial charge >= 0.3 is 5.97 Å². The number of methoxy groups -OCH3 is 2. The van der Waals surface area contributed by atoms with E-state index >= 15 is 0 Å². The molecule has 0 aliphatic carbocycles. The standard InChI is InChI=1S/C23H27NO5/c1-15(25)29-23(2,3)22(26)24-12-11-17-13-19(27-4)20(28-5)14-18(17)21(24)16-9-7-6-8-10-16/h6-10,13-14,21H,11-12H2,1-5H3. The van der Waals surface area contributed by atoms with Gasteiger partial charge in [-0.1, -0.05) is 30.3 Å². The normalized spacial score (nSPS) is 16.0. The summed E-state index contributed by atoms with van der Waals surface area (Å²) in [5, 5.41) is 0. The Balaban J connectivity index is 2.12. The van der Waals surface area contributed by atoms with Crippen molar-refractivity contribution in [2.45, 2.75) is 38.8 Å². The van der Waals surface area contributed by atoms with Crippen molar-refractivity contribution in [3.8, 4) is 11.5 Å². The van der Waals surface area contributed by atoms with Crippen molar-refractivity contribution < 1.29 is 23.8 Å². The number of rotatable bonds is 5. The maximum absolute atomic E-state index is 13.4. The minimum atomic E-state index is -1.26. The number of esters is 1. The molecule has 0 fully saturated rings. The van der Waals surface area contributed by atoms with Gasteiger partial charge in [0.2, 0.25) is 0 Å². The summed E-state index contributed by atoms with van der Waals surface area (Å²) in [6, 6.07) is 13.4. The monoisotopic (exact) mass is 397 g/mol. The molecular formula is C23H27NO5. The summed E-state index contributed by atoms with van der Waals surface area (Å²) in [4.78, 5) is 26.7. The Labute approximate surface area is 171 Å². The molecule has 29 heavy (non-hydrogen) atoms. The molecule has 0 radical (unpaired) electrons. The van der Waals surface area contributed by atoms with E-state index in [-0.39, 0.29) is 11.9 Å². The minimum absolute atomic E-state index is 0.234. The maximum atomic E-state index is 13.4. The van der Waals surface area contributed by atoms with Crippen LogP contribution in [0.15, 0.2) is 42.5 Å². The Morgan fingerprint density at radius 3 is 2.24 bits per heavy atom. The van der Waals surface area contributed by atoms with Gasteiger partial charge in [0.05, 0.1) is 20.3 Å². The Bertz CT molecular complexity index is 907. The summed E-state index contributed by atoms with van der Waals surface area (Å²) in [7, 11) is 3.20. The lowest BCUT2D eigenvalue weighted by Gasteiger charge is -2.41. The molecule has 3 rings (SSSR count). The smallest absolute Gasteiger partial charge is 0.303 e. The molecule has 6 heteroatoms. The van der Waals surface area contributed by atoms with Gasteiger partial charge in [-0.15, -0.1) is 0 Å². The van der Waals surface area contributed by atoms with Crippen LogP contribution in [0.3, 0.4) is 0 Å². The summed E-state index contributed by atoms with van der Waals surface area (Å²) in [5.74, 6) is 0.559. The fourth-order valence-electron chi connectivity index (χ4n) is 3.91. The van der Waals surface area contributed by atoms with E-state index in [1.54, 1.807) is 33.0 Å². The zero-order valence-corrected chi connectivity index (χ0v) is 17.5. The molecule has 0 aromatic heterocycles. The quantitative estimate of drug-likeness (QED) is 0.723. The van der Waals surface area contributed by atoms with Crippen LogP contribution in [0.1, 0.15) is 43.5 Å². The number of fused-ring (bicyclic) bond motifs is 1. The summed E-state index contributed by atoms with van der Waals surface area (Å²) in [6.07, 6.45) is 0.668. The van der Waals surface area contributed by atoms with Crippen molar-refractivity contribution >= 4 is 11.9 Å².